The number of benzene rings is 3. The van der Waals surface area contributed by atoms with Crippen LogP contribution in [-0.2, 0) is 21.4 Å². The van der Waals surface area contributed by atoms with Gasteiger partial charge in [0, 0.05) is 49.0 Å². The molecule has 4 rings (SSSR count). The van der Waals surface area contributed by atoms with Gasteiger partial charge in [0.05, 0.1) is 11.4 Å². The summed E-state index contributed by atoms with van der Waals surface area (Å²) in [4.78, 5) is 29.8. The zero-order valence-corrected chi connectivity index (χ0v) is 23.0. The van der Waals surface area contributed by atoms with Crippen molar-refractivity contribution in [2.24, 2.45) is 0 Å². The number of hydrogen-bond acceptors (Lipinski definition) is 5. The number of piperazine rings is 1. The largest absolute Gasteiger partial charge is 0.336 e. The highest BCUT2D eigenvalue weighted by atomic mass is 35.5. The molecule has 1 heterocycles. The molecule has 0 atom stereocenters. The van der Waals surface area contributed by atoms with Crippen molar-refractivity contribution in [3.63, 3.8) is 0 Å². The molecule has 200 valence electrons. The molecule has 10 heteroatoms. The third-order valence-corrected chi connectivity index (χ3v) is 8.51. The van der Waals surface area contributed by atoms with Gasteiger partial charge < -0.3 is 15.1 Å². The summed E-state index contributed by atoms with van der Waals surface area (Å²) in [5.41, 5.74) is 2.82. The lowest BCUT2D eigenvalue weighted by molar-refractivity contribution is -0.116. The van der Waals surface area contributed by atoms with Crippen molar-refractivity contribution in [1.82, 2.24) is 14.1 Å². The van der Waals surface area contributed by atoms with E-state index in [1.54, 1.807) is 24.3 Å². The fourth-order valence-corrected chi connectivity index (χ4v) is 5.64. The molecule has 8 nitrogen and oxygen atoms in total. The first kappa shape index (κ1) is 27.8. The number of nitrogens with one attached hydrogen (secondary N) is 1. The molecule has 3 aromatic rings. The van der Waals surface area contributed by atoms with Crippen LogP contribution in [0.2, 0.25) is 5.02 Å². The van der Waals surface area contributed by atoms with E-state index in [1.165, 1.54) is 24.3 Å². The smallest absolute Gasteiger partial charge is 0.253 e. The minimum atomic E-state index is -3.99. The van der Waals surface area contributed by atoms with E-state index in [-0.39, 0.29) is 23.9 Å². The highest BCUT2D eigenvalue weighted by Gasteiger charge is 2.27. The predicted octanol–water partition coefficient (Wildman–Crippen LogP) is 3.87. The summed E-state index contributed by atoms with van der Waals surface area (Å²) in [6.45, 7) is 4.59. The first-order valence-corrected chi connectivity index (χ1v) is 14.1. The fraction of sp³-hybridized carbons (Fsp3) is 0.286. The van der Waals surface area contributed by atoms with Crippen LogP contribution in [0.3, 0.4) is 0 Å². The van der Waals surface area contributed by atoms with Gasteiger partial charge in [0.1, 0.15) is 0 Å². The van der Waals surface area contributed by atoms with E-state index in [0.29, 0.717) is 29.4 Å². The van der Waals surface area contributed by atoms with Crippen LogP contribution in [0, 0.1) is 6.92 Å². The summed E-state index contributed by atoms with van der Waals surface area (Å²) in [7, 11) is -1.96. The molecule has 3 aromatic carbocycles. The van der Waals surface area contributed by atoms with E-state index in [1.807, 2.05) is 43.1 Å². The standard InChI is InChI=1S/C28H31ClN4O4S/c1-21-3-5-22(6-4-21)19-33(38(36,37)26-13-9-24(29)10-14-26)20-27(34)30-25-11-7-23(8-12-25)28(35)32-17-15-31(2)16-18-32/h3-14H,15-20H2,1-2H3,(H,30,34). The normalized spacial score (nSPS) is 14.5. The van der Waals surface area contributed by atoms with E-state index in [2.05, 4.69) is 10.2 Å². The van der Waals surface area contributed by atoms with Crippen molar-refractivity contribution in [2.45, 2.75) is 18.4 Å². The number of rotatable bonds is 8. The summed E-state index contributed by atoms with van der Waals surface area (Å²) >= 11 is 5.94. The van der Waals surface area contributed by atoms with Crippen molar-refractivity contribution in [3.8, 4) is 0 Å². The second-order valence-electron chi connectivity index (χ2n) is 9.43. The number of aryl methyl sites for hydroxylation is 1. The molecule has 0 spiro atoms. The number of nitrogens with zero attached hydrogens (tertiary/aromatic N) is 3. The van der Waals surface area contributed by atoms with Crippen molar-refractivity contribution in [3.05, 3.63) is 94.5 Å². The second kappa shape index (κ2) is 12.1. The Hall–Kier alpha value is -3.24. The minimum Gasteiger partial charge on any atom is -0.336 e. The molecule has 0 aromatic heterocycles. The number of carbonyl (C=O) groups is 2. The van der Waals surface area contributed by atoms with Crippen molar-refractivity contribution >= 4 is 39.1 Å². The summed E-state index contributed by atoms with van der Waals surface area (Å²) in [6, 6.07) is 20.0. The van der Waals surface area contributed by atoms with Crippen LogP contribution in [0.1, 0.15) is 21.5 Å². The maximum atomic E-state index is 13.5. The van der Waals surface area contributed by atoms with Gasteiger partial charge >= 0.3 is 0 Å². The molecule has 1 aliphatic rings. The number of likely N-dealkylation sites (N-methyl/N-ethyl adjacent to an activating group) is 1. The summed E-state index contributed by atoms with van der Waals surface area (Å²) in [5.74, 6) is -0.540. The summed E-state index contributed by atoms with van der Waals surface area (Å²) in [6.07, 6.45) is 0. The van der Waals surface area contributed by atoms with Gasteiger partial charge in [0.15, 0.2) is 0 Å². The van der Waals surface area contributed by atoms with Gasteiger partial charge in [-0.3, -0.25) is 9.59 Å². The lowest BCUT2D eigenvalue weighted by atomic mass is 10.1. The molecular formula is C28H31ClN4O4S. The van der Waals surface area contributed by atoms with Crippen LogP contribution >= 0.6 is 11.6 Å². The summed E-state index contributed by atoms with van der Waals surface area (Å²) in [5, 5.41) is 3.17. The Morgan fingerprint density at radius 3 is 2.11 bits per heavy atom. The van der Waals surface area contributed by atoms with E-state index < -0.39 is 15.9 Å². The molecule has 0 bridgehead atoms. The third kappa shape index (κ3) is 6.99. The Morgan fingerprint density at radius 2 is 1.50 bits per heavy atom. The minimum absolute atomic E-state index is 0.0249. The Morgan fingerprint density at radius 1 is 0.895 bits per heavy atom. The van der Waals surface area contributed by atoms with Gasteiger partial charge in [-0.05, 0) is 68.1 Å². The second-order valence-corrected chi connectivity index (χ2v) is 11.8. The van der Waals surface area contributed by atoms with Crippen molar-refractivity contribution in [2.75, 3.05) is 45.1 Å². The number of halogens is 1. The van der Waals surface area contributed by atoms with E-state index in [0.717, 1.165) is 28.5 Å². The van der Waals surface area contributed by atoms with E-state index >= 15 is 0 Å². The van der Waals surface area contributed by atoms with Gasteiger partial charge in [0.2, 0.25) is 15.9 Å². The van der Waals surface area contributed by atoms with Gasteiger partial charge in [-0.15, -0.1) is 0 Å². The Kier molecular flexibility index (Phi) is 8.83. The fourth-order valence-electron chi connectivity index (χ4n) is 4.13. The van der Waals surface area contributed by atoms with Crippen molar-refractivity contribution < 1.29 is 18.0 Å². The number of anilines is 1. The average molecular weight is 555 g/mol. The molecule has 2 amide bonds. The zero-order valence-electron chi connectivity index (χ0n) is 21.4. The van der Waals surface area contributed by atoms with Crippen LogP contribution in [-0.4, -0.2) is 74.1 Å². The Labute approximate surface area is 228 Å². The first-order chi connectivity index (χ1) is 18.1. The lowest BCUT2D eigenvalue weighted by Crippen LogP contribution is -2.47. The zero-order chi connectivity index (χ0) is 27.3. The quantitative estimate of drug-likeness (QED) is 0.456. The Bertz CT molecular complexity index is 1370. The molecule has 1 fully saturated rings. The molecule has 0 unspecified atom stereocenters. The lowest BCUT2D eigenvalue weighted by Gasteiger charge is -2.32. The van der Waals surface area contributed by atoms with Gasteiger partial charge in [-0.2, -0.15) is 4.31 Å². The highest BCUT2D eigenvalue weighted by Crippen LogP contribution is 2.21. The van der Waals surface area contributed by atoms with Crippen molar-refractivity contribution in [1.29, 1.82) is 0 Å². The Balaban J connectivity index is 1.47. The monoisotopic (exact) mass is 554 g/mol. The van der Waals surface area contributed by atoms with Crippen LogP contribution in [0.4, 0.5) is 5.69 Å². The summed E-state index contributed by atoms with van der Waals surface area (Å²) < 4.78 is 28.0. The number of hydrogen-bond donors (Lipinski definition) is 1. The number of amides is 2. The van der Waals surface area contributed by atoms with E-state index in [9.17, 15) is 18.0 Å². The van der Waals surface area contributed by atoms with Gasteiger partial charge in [-0.1, -0.05) is 41.4 Å². The third-order valence-electron chi connectivity index (χ3n) is 6.46. The molecule has 38 heavy (non-hydrogen) atoms. The number of carbonyl (C=O) groups excluding carboxylic acids is 2. The maximum Gasteiger partial charge on any atom is 0.253 e. The first-order valence-electron chi connectivity index (χ1n) is 12.3. The van der Waals surface area contributed by atoms with Crippen LogP contribution in [0.5, 0.6) is 0 Å². The van der Waals surface area contributed by atoms with Crippen LogP contribution in [0.15, 0.2) is 77.7 Å². The van der Waals surface area contributed by atoms with Crippen LogP contribution < -0.4 is 5.32 Å². The molecule has 1 saturated heterocycles. The SMILES string of the molecule is Cc1ccc(CN(CC(=O)Nc2ccc(C(=O)N3CCN(C)CC3)cc2)S(=O)(=O)c2ccc(Cl)cc2)cc1. The maximum absolute atomic E-state index is 13.5. The molecular weight excluding hydrogens is 524 g/mol. The molecule has 0 saturated carbocycles. The average Bonchev–Trinajstić information content (AvgIpc) is 2.90. The van der Waals surface area contributed by atoms with Gasteiger partial charge in [-0.25, -0.2) is 8.42 Å². The van der Waals surface area contributed by atoms with Crippen LogP contribution in [0.25, 0.3) is 0 Å². The predicted molar refractivity (Wildman–Crippen MR) is 149 cm³/mol. The molecule has 0 radical (unpaired) electrons. The molecule has 0 aliphatic carbocycles. The highest BCUT2D eigenvalue weighted by molar-refractivity contribution is 7.89. The van der Waals surface area contributed by atoms with Gasteiger partial charge in [0.25, 0.3) is 5.91 Å². The molecule has 1 N–H and O–H groups in total. The van der Waals surface area contributed by atoms with E-state index in [4.69, 9.17) is 11.6 Å². The topological polar surface area (TPSA) is 90.0 Å². The number of sulfonamides is 1. The molecule has 1 aliphatic heterocycles.